The lowest BCUT2D eigenvalue weighted by atomic mass is 9.85. The maximum atomic E-state index is 12.2. The molecule has 1 heterocycles. The highest BCUT2D eigenvalue weighted by molar-refractivity contribution is 5.92. The molecule has 0 saturated carbocycles. The number of carbonyl (C=O) groups excluding carboxylic acids is 1. The highest BCUT2D eigenvalue weighted by atomic mass is 16.1. The quantitative estimate of drug-likeness (QED) is 0.866. The van der Waals surface area contributed by atoms with E-state index >= 15 is 0 Å². The van der Waals surface area contributed by atoms with Gasteiger partial charge in [0, 0.05) is 43.0 Å². The second-order valence-electron chi connectivity index (χ2n) is 7.90. The van der Waals surface area contributed by atoms with Crippen molar-refractivity contribution in [1.29, 1.82) is 0 Å². The van der Waals surface area contributed by atoms with E-state index < -0.39 is 0 Å². The highest BCUT2D eigenvalue weighted by Crippen LogP contribution is 2.31. The lowest BCUT2D eigenvalue weighted by molar-refractivity contribution is -0.115. The monoisotopic (exact) mass is 360 g/mol. The Morgan fingerprint density at radius 2 is 1.74 bits per heavy atom. The van der Waals surface area contributed by atoms with E-state index in [-0.39, 0.29) is 5.78 Å². The van der Waals surface area contributed by atoms with Gasteiger partial charge in [0.25, 0.3) is 0 Å². The summed E-state index contributed by atoms with van der Waals surface area (Å²) in [5.41, 5.74) is 5.02. The SMILES string of the molecule is Cc1cccc(N2CCC(NC3=CC(=O)CC(c4ccccc4)C3)CC2)c1. The lowest BCUT2D eigenvalue weighted by Gasteiger charge is -2.36. The van der Waals surface area contributed by atoms with E-state index in [9.17, 15) is 4.79 Å². The number of allylic oxidation sites excluding steroid dienone is 2. The summed E-state index contributed by atoms with van der Waals surface area (Å²) in [6.45, 7) is 4.27. The van der Waals surface area contributed by atoms with Gasteiger partial charge >= 0.3 is 0 Å². The van der Waals surface area contributed by atoms with Gasteiger partial charge in [-0.15, -0.1) is 0 Å². The van der Waals surface area contributed by atoms with Crippen LogP contribution in [0.4, 0.5) is 5.69 Å². The first-order chi connectivity index (χ1) is 13.2. The molecule has 1 fully saturated rings. The van der Waals surface area contributed by atoms with Gasteiger partial charge in [-0.2, -0.15) is 0 Å². The number of benzene rings is 2. The average molecular weight is 361 g/mol. The predicted molar refractivity (Wildman–Crippen MR) is 111 cm³/mol. The maximum absolute atomic E-state index is 12.2. The van der Waals surface area contributed by atoms with Crippen molar-refractivity contribution in [3.05, 3.63) is 77.5 Å². The van der Waals surface area contributed by atoms with Gasteiger partial charge in [0.15, 0.2) is 5.78 Å². The number of hydrogen-bond donors (Lipinski definition) is 1. The molecule has 1 atom stereocenters. The summed E-state index contributed by atoms with van der Waals surface area (Å²) in [7, 11) is 0. The first-order valence-corrected chi connectivity index (χ1v) is 10.0. The fourth-order valence-corrected chi connectivity index (χ4v) is 4.32. The maximum Gasteiger partial charge on any atom is 0.158 e. The molecule has 4 rings (SSSR count). The van der Waals surface area contributed by atoms with E-state index in [0.29, 0.717) is 18.4 Å². The Hall–Kier alpha value is -2.55. The summed E-state index contributed by atoms with van der Waals surface area (Å²) in [5.74, 6) is 0.549. The van der Waals surface area contributed by atoms with E-state index in [0.717, 1.165) is 38.0 Å². The summed E-state index contributed by atoms with van der Waals surface area (Å²) >= 11 is 0. The van der Waals surface area contributed by atoms with E-state index in [1.165, 1.54) is 16.8 Å². The zero-order chi connectivity index (χ0) is 18.6. The molecule has 1 unspecified atom stereocenters. The number of aryl methyl sites for hydroxylation is 1. The third-order valence-corrected chi connectivity index (χ3v) is 5.77. The first kappa shape index (κ1) is 17.8. The van der Waals surface area contributed by atoms with Crippen LogP contribution in [-0.4, -0.2) is 24.9 Å². The number of ketones is 1. The molecule has 3 heteroatoms. The third kappa shape index (κ3) is 4.41. The molecule has 0 bridgehead atoms. The Labute approximate surface area is 162 Å². The molecular weight excluding hydrogens is 332 g/mol. The first-order valence-electron chi connectivity index (χ1n) is 10.0. The Morgan fingerprint density at radius 1 is 0.963 bits per heavy atom. The minimum Gasteiger partial charge on any atom is -0.385 e. The highest BCUT2D eigenvalue weighted by Gasteiger charge is 2.25. The van der Waals surface area contributed by atoms with Crippen LogP contribution in [0.2, 0.25) is 0 Å². The van der Waals surface area contributed by atoms with Crippen LogP contribution in [0.15, 0.2) is 66.4 Å². The van der Waals surface area contributed by atoms with Crippen LogP contribution < -0.4 is 10.2 Å². The summed E-state index contributed by atoms with van der Waals surface area (Å²) in [6, 6.07) is 19.6. The van der Waals surface area contributed by atoms with Gasteiger partial charge < -0.3 is 10.2 Å². The molecule has 0 spiro atoms. The van der Waals surface area contributed by atoms with Crippen molar-refractivity contribution in [3.8, 4) is 0 Å². The molecule has 1 N–H and O–H groups in total. The van der Waals surface area contributed by atoms with Gasteiger partial charge in [-0.1, -0.05) is 42.5 Å². The molecule has 1 aliphatic carbocycles. The molecule has 1 aliphatic heterocycles. The third-order valence-electron chi connectivity index (χ3n) is 5.77. The molecule has 3 nitrogen and oxygen atoms in total. The zero-order valence-corrected chi connectivity index (χ0v) is 16.0. The fourth-order valence-electron chi connectivity index (χ4n) is 4.32. The normalized spacial score (nSPS) is 21.1. The topological polar surface area (TPSA) is 32.3 Å². The van der Waals surface area contributed by atoms with Gasteiger partial charge in [0.05, 0.1) is 0 Å². The number of nitrogens with zero attached hydrogens (tertiary/aromatic N) is 1. The van der Waals surface area contributed by atoms with Gasteiger partial charge in [0.1, 0.15) is 0 Å². The largest absolute Gasteiger partial charge is 0.385 e. The van der Waals surface area contributed by atoms with Crippen LogP contribution in [-0.2, 0) is 4.79 Å². The van der Waals surface area contributed by atoms with Crippen LogP contribution in [0.25, 0.3) is 0 Å². The second kappa shape index (κ2) is 7.99. The zero-order valence-electron chi connectivity index (χ0n) is 16.0. The van der Waals surface area contributed by atoms with Gasteiger partial charge in [-0.3, -0.25) is 4.79 Å². The van der Waals surface area contributed by atoms with E-state index in [2.05, 4.69) is 65.7 Å². The predicted octanol–water partition coefficient (Wildman–Crippen LogP) is 4.58. The summed E-state index contributed by atoms with van der Waals surface area (Å²) < 4.78 is 0. The van der Waals surface area contributed by atoms with Gasteiger partial charge in [0.2, 0.25) is 0 Å². The van der Waals surface area contributed by atoms with Crippen molar-refractivity contribution in [2.24, 2.45) is 0 Å². The van der Waals surface area contributed by atoms with Crippen molar-refractivity contribution in [1.82, 2.24) is 5.32 Å². The number of piperidine rings is 1. The molecule has 0 aromatic heterocycles. The standard InChI is InChI=1S/C24H28N2O/c1-18-6-5-9-23(14-18)26-12-10-21(11-13-26)25-22-15-20(16-24(27)17-22)19-7-3-2-4-8-19/h2-9,14,17,20-21,25H,10-13,15-16H2,1H3. The van der Waals surface area contributed by atoms with Crippen LogP contribution in [0.5, 0.6) is 0 Å². The van der Waals surface area contributed by atoms with Crippen molar-refractivity contribution >= 4 is 11.5 Å². The Bertz CT molecular complexity index is 819. The Kier molecular flexibility index (Phi) is 5.28. The number of nitrogens with one attached hydrogen (secondary N) is 1. The van der Waals surface area contributed by atoms with Crippen molar-refractivity contribution in [3.63, 3.8) is 0 Å². The minimum absolute atomic E-state index is 0.245. The molecule has 140 valence electrons. The number of anilines is 1. The second-order valence-corrected chi connectivity index (χ2v) is 7.90. The fraction of sp³-hybridized carbons (Fsp3) is 0.375. The van der Waals surface area contributed by atoms with Crippen LogP contribution in [0.3, 0.4) is 0 Å². The van der Waals surface area contributed by atoms with Crippen molar-refractivity contribution < 1.29 is 4.79 Å². The summed E-state index contributed by atoms with van der Waals surface area (Å²) in [5, 5.41) is 3.68. The minimum atomic E-state index is 0.245. The average Bonchev–Trinajstić information content (AvgIpc) is 2.69. The smallest absolute Gasteiger partial charge is 0.158 e. The molecule has 2 aromatic carbocycles. The summed E-state index contributed by atoms with van der Waals surface area (Å²) in [6.07, 6.45) is 5.62. The lowest BCUT2D eigenvalue weighted by Crippen LogP contribution is -2.42. The van der Waals surface area contributed by atoms with E-state index in [1.54, 1.807) is 0 Å². The molecule has 27 heavy (non-hydrogen) atoms. The van der Waals surface area contributed by atoms with E-state index in [1.807, 2.05) is 12.1 Å². The van der Waals surface area contributed by atoms with Crippen LogP contribution in [0, 0.1) is 6.92 Å². The van der Waals surface area contributed by atoms with Crippen LogP contribution in [0.1, 0.15) is 42.7 Å². The van der Waals surface area contributed by atoms with Crippen molar-refractivity contribution in [2.75, 3.05) is 18.0 Å². The summed E-state index contributed by atoms with van der Waals surface area (Å²) in [4.78, 5) is 14.7. The Balaban J connectivity index is 1.35. The number of rotatable bonds is 4. The molecule has 0 amide bonds. The molecule has 2 aliphatic rings. The Morgan fingerprint density at radius 3 is 2.48 bits per heavy atom. The van der Waals surface area contributed by atoms with Gasteiger partial charge in [-0.05, 0) is 55.4 Å². The number of hydrogen-bond acceptors (Lipinski definition) is 3. The molecular formula is C24H28N2O. The number of carbonyl (C=O) groups is 1. The van der Waals surface area contributed by atoms with Crippen LogP contribution >= 0.6 is 0 Å². The van der Waals surface area contributed by atoms with Gasteiger partial charge in [-0.25, -0.2) is 0 Å². The van der Waals surface area contributed by atoms with Crippen molar-refractivity contribution in [2.45, 2.75) is 44.6 Å². The van der Waals surface area contributed by atoms with E-state index in [4.69, 9.17) is 0 Å². The molecule has 0 radical (unpaired) electrons. The molecule has 2 aromatic rings. The molecule has 1 saturated heterocycles.